The molecule has 10 aromatic carbocycles. The molecule has 0 fully saturated rings. The summed E-state index contributed by atoms with van der Waals surface area (Å²) in [6, 6.07) is 71.5. The van der Waals surface area contributed by atoms with Crippen LogP contribution >= 0.6 is 0 Å². The number of hydrogen-bond donors (Lipinski definition) is 0. The Balaban J connectivity index is 1.06. The summed E-state index contributed by atoms with van der Waals surface area (Å²) in [6.07, 6.45) is 0. The molecule has 0 bridgehead atoms. The fourth-order valence-corrected chi connectivity index (χ4v) is 9.05. The van der Waals surface area contributed by atoms with Crippen LogP contribution in [0.1, 0.15) is 0 Å². The van der Waals surface area contributed by atoms with Gasteiger partial charge in [0.2, 0.25) is 0 Å². The summed E-state index contributed by atoms with van der Waals surface area (Å²) in [5, 5.41) is 11.7. The summed E-state index contributed by atoms with van der Waals surface area (Å²) in [4.78, 5) is 2.40. The van der Waals surface area contributed by atoms with Crippen molar-refractivity contribution in [3.8, 4) is 22.3 Å². The van der Waals surface area contributed by atoms with Gasteiger partial charge >= 0.3 is 0 Å². The molecule has 12 rings (SSSR count). The van der Waals surface area contributed by atoms with E-state index in [9.17, 15) is 0 Å². The number of nitrogens with zero attached hydrogens (tertiary/aromatic N) is 1. The van der Waals surface area contributed by atoms with Crippen LogP contribution in [-0.4, -0.2) is 0 Å². The number of anilines is 3. The van der Waals surface area contributed by atoms with Gasteiger partial charge in [-0.1, -0.05) is 146 Å². The molecule has 57 heavy (non-hydrogen) atoms. The molecule has 0 aliphatic rings. The van der Waals surface area contributed by atoms with Crippen molar-refractivity contribution in [1.82, 2.24) is 0 Å². The molecule has 0 unspecified atom stereocenters. The molecule has 0 saturated carbocycles. The summed E-state index contributed by atoms with van der Waals surface area (Å²) in [7, 11) is 0. The Hall–Kier alpha value is -7.62. The van der Waals surface area contributed by atoms with Gasteiger partial charge in [0.15, 0.2) is 0 Å². The Kier molecular flexibility index (Phi) is 6.93. The van der Waals surface area contributed by atoms with E-state index in [4.69, 9.17) is 8.83 Å². The maximum absolute atomic E-state index is 6.62. The zero-order chi connectivity index (χ0) is 37.5. The normalized spacial score (nSPS) is 11.9. The van der Waals surface area contributed by atoms with Crippen LogP contribution in [0, 0.1) is 0 Å². The van der Waals surface area contributed by atoms with E-state index >= 15 is 0 Å². The second-order valence-electron chi connectivity index (χ2n) is 14.8. The molecule has 0 spiro atoms. The van der Waals surface area contributed by atoms with Gasteiger partial charge in [0.1, 0.15) is 22.3 Å². The van der Waals surface area contributed by atoms with Crippen LogP contribution in [0.25, 0.3) is 98.4 Å². The van der Waals surface area contributed by atoms with Crippen LogP contribution in [-0.2, 0) is 0 Å². The largest absolute Gasteiger partial charge is 0.456 e. The van der Waals surface area contributed by atoms with E-state index in [1.54, 1.807) is 0 Å². The fourth-order valence-electron chi connectivity index (χ4n) is 9.05. The summed E-state index contributed by atoms with van der Waals surface area (Å²) in [5.41, 5.74) is 11.4. The minimum absolute atomic E-state index is 0.867. The zero-order valence-corrected chi connectivity index (χ0v) is 30.8. The van der Waals surface area contributed by atoms with Gasteiger partial charge in [0.25, 0.3) is 0 Å². The van der Waals surface area contributed by atoms with Crippen LogP contribution in [0.15, 0.2) is 209 Å². The molecule has 2 heterocycles. The van der Waals surface area contributed by atoms with Crippen molar-refractivity contribution in [1.29, 1.82) is 0 Å². The van der Waals surface area contributed by atoms with E-state index in [0.29, 0.717) is 0 Å². The second-order valence-corrected chi connectivity index (χ2v) is 14.8. The first-order chi connectivity index (χ1) is 28.3. The lowest BCUT2D eigenvalue weighted by Gasteiger charge is -2.28. The number of benzene rings is 10. The number of rotatable bonds is 5. The van der Waals surface area contributed by atoms with E-state index in [-0.39, 0.29) is 0 Å². The molecule has 0 saturated heterocycles. The van der Waals surface area contributed by atoms with Crippen molar-refractivity contribution in [2.24, 2.45) is 0 Å². The summed E-state index contributed by atoms with van der Waals surface area (Å²) in [5.74, 6) is 0. The van der Waals surface area contributed by atoms with Crippen LogP contribution in [0.4, 0.5) is 17.1 Å². The van der Waals surface area contributed by atoms with E-state index in [1.165, 1.54) is 32.7 Å². The first-order valence-corrected chi connectivity index (χ1v) is 19.4. The highest BCUT2D eigenvalue weighted by atomic mass is 16.3. The highest BCUT2D eigenvalue weighted by molar-refractivity contribution is 6.32. The van der Waals surface area contributed by atoms with Gasteiger partial charge in [0.05, 0.1) is 5.69 Å². The molecule has 0 aliphatic heterocycles. The first kappa shape index (κ1) is 31.7. The van der Waals surface area contributed by atoms with Crippen molar-refractivity contribution in [3.63, 3.8) is 0 Å². The van der Waals surface area contributed by atoms with Crippen molar-refractivity contribution < 1.29 is 8.83 Å². The number of fused-ring (bicyclic) bond motifs is 12. The Morgan fingerprint density at radius 2 is 0.860 bits per heavy atom. The van der Waals surface area contributed by atoms with Crippen molar-refractivity contribution >= 4 is 93.3 Å². The SMILES string of the molecule is c1ccc(-c2ccc(N(c3ccc(-c4cccc5oc6ccc7ccc8oc9ccccc9c8c7c6c45)cc3)c3cc4ccccc4c4ccccc34)cc2)cc1. The summed E-state index contributed by atoms with van der Waals surface area (Å²) >= 11 is 0. The highest BCUT2D eigenvalue weighted by Gasteiger charge is 2.21. The quantitative estimate of drug-likeness (QED) is 0.165. The molecule has 0 atom stereocenters. The van der Waals surface area contributed by atoms with Crippen LogP contribution in [0.2, 0.25) is 0 Å². The van der Waals surface area contributed by atoms with Crippen LogP contribution in [0.3, 0.4) is 0 Å². The van der Waals surface area contributed by atoms with Gasteiger partial charge in [-0.2, -0.15) is 0 Å². The van der Waals surface area contributed by atoms with Crippen LogP contribution < -0.4 is 4.90 Å². The molecule has 12 aromatic rings. The number of para-hydroxylation sites is 1. The smallest absolute Gasteiger partial charge is 0.136 e. The lowest BCUT2D eigenvalue weighted by molar-refractivity contribution is 0.669. The van der Waals surface area contributed by atoms with Crippen LogP contribution in [0.5, 0.6) is 0 Å². The lowest BCUT2D eigenvalue weighted by Crippen LogP contribution is -2.10. The van der Waals surface area contributed by atoms with E-state index in [2.05, 4.69) is 193 Å². The predicted octanol–water partition coefficient (Wildman–Crippen LogP) is 15.7. The Bertz CT molecular complexity index is 3500. The maximum atomic E-state index is 6.62. The molecule has 0 aliphatic carbocycles. The number of furan rings is 2. The van der Waals surface area contributed by atoms with Gasteiger partial charge in [-0.15, -0.1) is 0 Å². The summed E-state index contributed by atoms with van der Waals surface area (Å²) < 4.78 is 13.0. The van der Waals surface area contributed by atoms with Crippen molar-refractivity contribution in [2.75, 3.05) is 4.90 Å². The van der Waals surface area contributed by atoms with Crippen molar-refractivity contribution in [2.45, 2.75) is 0 Å². The molecule has 3 heteroatoms. The second kappa shape index (κ2) is 12.5. The number of hydrogen-bond acceptors (Lipinski definition) is 3. The monoisotopic (exact) mass is 727 g/mol. The van der Waals surface area contributed by atoms with Crippen molar-refractivity contribution in [3.05, 3.63) is 200 Å². The van der Waals surface area contributed by atoms with Gasteiger partial charge in [0, 0.05) is 43.7 Å². The predicted molar refractivity (Wildman–Crippen MR) is 239 cm³/mol. The molecule has 2 aromatic heterocycles. The minimum Gasteiger partial charge on any atom is -0.456 e. The zero-order valence-electron chi connectivity index (χ0n) is 30.8. The molecule has 0 radical (unpaired) electrons. The standard InChI is InChI=1S/C54H33NO2/c1-2-11-34(12-3-1)35-21-27-39(28-22-35)55(46-33-38-13-4-5-14-41(38)43-15-6-7-16-44(43)46)40-29-23-36(24-30-40)42-18-10-20-48-52(42)54-50(57-48)32-26-37-25-31-49-53(51(37)54)45-17-8-9-19-47(45)56-49/h1-33H. The van der Waals surface area contributed by atoms with E-state index in [1.807, 2.05) is 12.1 Å². The highest BCUT2D eigenvalue weighted by Crippen LogP contribution is 2.46. The third-order valence-corrected chi connectivity index (χ3v) is 11.6. The Morgan fingerprint density at radius 3 is 1.63 bits per heavy atom. The summed E-state index contributed by atoms with van der Waals surface area (Å²) in [6.45, 7) is 0. The molecular formula is C54H33NO2. The van der Waals surface area contributed by atoms with E-state index < -0.39 is 0 Å². The average molecular weight is 728 g/mol. The van der Waals surface area contributed by atoms with Gasteiger partial charge in [-0.25, -0.2) is 0 Å². The topological polar surface area (TPSA) is 29.5 Å². The molecular weight excluding hydrogens is 695 g/mol. The fraction of sp³-hybridized carbons (Fsp3) is 0. The third-order valence-electron chi connectivity index (χ3n) is 11.6. The first-order valence-electron chi connectivity index (χ1n) is 19.4. The lowest BCUT2D eigenvalue weighted by atomic mass is 9.94. The van der Waals surface area contributed by atoms with Gasteiger partial charge in [-0.3, -0.25) is 0 Å². The Labute approximate surface area is 328 Å². The molecule has 3 nitrogen and oxygen atoms in total. The molecule has 0 amide bonds. The van der Waals surface area contributed by atoms with Gasteiger partial charge < -0.3 is 13.7 Å². The molecule has 0 N–H and O–H groups in total. The maximum Gasteiger partial charge on any atom is 0.136 e. The van der Waals surface area contributed by atoms with Gasteiger partial charge in [-0.05, 0) is 98.4 Å². The Morgan fingerprint density at radius 1 is 0.298 bits per heavy atom. The molecule has 266 valence electrons. The van der Waals surface area contributed by atoms with E-state index in [0.717, 1.165) is 82.8 Å². The minimum atomic E-state index is 0.867. The average Bonchev–Trinajstić information content (AvgIpc) is 3.86. The third kappa shape index (κ3) is 4.92.